The number of fused-ring (bicyclic) bond motifs is 7. The van der Waals surface area contributed by atoms with Crippen LogP contribution in [-0.4, -0.2) is 59.5 Å². The Bertz CT molecular complexity index is 1150. The van der Waals surface area contributed by atoms with Gasteiger partial charge in [-0.05, 0) is 62.6 Å². The number of aromatic amines is 1. The van der Waals surface area contributed by atoms with Crippen LogP contribution in [0.15, 0.2) is 40.8 Å². The molecule has 0 radical (unpaired) electrons. The zero-order valence-corrected chi connectivity index (χ0v) is 18.7. The first-order valence-corrected chi connectivity index (χ1v) is 12.1. The van der Waals surface area contributed by atoms with Gasteiger partial charge in [-0.15, -0.1) is 0 Å². The van der Waals surface area contributed by atoms with E-state index >= 15 is 0 Å². The van der Waals surface area contributed by atoms with Gasteiger partial charge in [-0.3, -0.25) is 14.5 Å². The normalized spacial score (nSPS) is 29.8. The molecule has 2 aromatic rings. The molecule has 4 atom stereocenters. The fraction of sp³-hybridized carbons (Fsp3) is 0.538. The van der Waals surface area contributed by atoms with Crippen LogP contribution < -0.4 is 10.2 Å². The summed E-state index contributed by atoms with van der Waals surface area (Å²) in [5, 5.41) is 0.500. The third-order valence-electron chi connectivity index (χ3n) is 8.24. The van der Waals surface area contributed by atoms with Gasteiger partial charge in [0, 0.05) is 25.3 Å². The number of likely N-dealkylation sites (tertiary alicyclic amines) is 1. The number of aromatic nitrogens is 1. The first-order valence-electron chi connectivity index (χ1n) is 12.1. The van der Waals surface area contributed by atoms with Crippen molar-refractivity contribution >= 4 is 16.8 Å². The molecule has 6 heteroatoms. The molecule has 1 amide bonds. The predicted octanol–water partition coefficient (Wildman–Crippen LogP) is 3.57. The number of pyridine rings is 1. The Hall–Kier alpha value is -2.60. The summed E-state index contributed by atoms with van der Waals surface area (Å²) in [6.07, 6.45) is 11.3. The fourth-order valence-corrected chi connectivity index (χ4v) is 6.91. The number of benzene rings is 1. The molecule has 0 spiro atoms. The number of nitrogens with one attached hydrogen (secondary N) is 1. The Labute approximate surface area is 188 Å². The Kier molecular flexibility index (Phi) is 4.86. The van der Waals surface area contributed by atoms with E-state index in [0.29, 0.717) is 34.5 Å². The van der Waals surface area contributed by atoms with E-state index in [9.17, 15) is 9.59 Å². The first kappa shape index (κ1) is 20.0. The summed E-state index contributed by atoms with van der Waals surface area (Å²) in [5.74, 6) is 1.58. The molecule has 1 aromatic heterocycles. The standard InChI is InChI=1S/C26H31N3O3/c1-32-22-9-4-7-19-23(22)27-14-20(25(19)30)26(31)29-11-5-6-16-12-17-13-18(24(16)29)15-28-10-3-2-8-21(17)28/h4,7,9,12,14,17-18,21,24H,2-3,5-6,8,10-11,13,15H2,1H3,(H,27,30)/t17-,18-,21+,24+/m0/s1. The van der Waals surface area contributed by atoms with Crippen LogP contribution in [0.5, 0.6) is 5.75 Å². The highest BCUT2D eigenvalue weighted by molar-refractivity contribution is 5.98. The van der Waals surface area contributed by atoms with E-state index in [1.165, 1.54) is 37.8 Å². The van der Waals surface area contributed by atoms with E-state index in [0.717, 1.165) is 25.9 Å². The number of methoxy groups -OCH3 is 1. The molecule has 3 saturated heterocycles. The number of hydrogen-bond acceptors (Lipinski definition) is 4. The van der Waals surface area contributed by atoms with Crippen molar-refractivity contribution in [2.75, 3.05) is 26.7 Å². The Morgan fingerprint density at radius 1 is 1.19 bits per heavy atom. The van der Waals surface area contributed by atoms with Crippen LogP contribution in [-0.2, 0) is 0 Å². The van der Waals surface area contributed by atoms with Gasteiger partial charge in [-0.25, -0.2) is 0 Å². The van der Waals surface area contributed by atoms with Gasteiger partial charge in [0.15, 0.2) is 0 Å². The number of carbonyl (C=O) groups excluding carboxylic acids is 1. The number of piperidine rings is 3. The summed E-state index contributed by atoms with van der Waals surface area (Å²) in [6, 6.07) is 6.20. The van der Waals surface area contributed by atoms with Crippen molar-refractivity contribution in [2.24, 2.45) is 11.8 Å². The molecule has 0 unspecified atom stereocenters. The molecule has 1 aromatic carbocycles. The molecule has 4 aliphatic rings. The van der Waals surface area contributed by atoms with Gasteiger partial charge < -0.3 is 14.6 Å². The van der Waals surface area contributed by atoms with Crippen LogP contribution in [0.2, 0.25) is 0 Å². The van der Waals surface area contributed by atoms with Crippen molar-refractivity contribution in [2.45, 2.75) is 50.6 Å². The number of hydrogen-bond donors (Lipinski definition) is 1. The summed E-state index contributed by atoms with van der Waals surface area (Å²) in [5.41, 5.74) is 2.10. The molecule has 6 rings (SSSR count). The summed E-state index contributed by atoms with van der Waals surface area (Å²) < 4.78 is 5.38. The minimum atomic E-state index is -0.216. The number of carbonyl (C=O) groups is 1. The summed E-state index contributed by atoms with van der Waals surface area (Å²) in [6.45, 7) is 2.99. The number of nitrogens with zero attached hydrogens (tertiary/aromatic N) is 2. The zero-order valence-electron chi connectivity index (χ0n) is 18.7. The lowest BCUT2D eigenvalue weighted by atomic mass is 9.68. The molecule has 32 heavy (non-hydrogen) atoms. The molecule has 4 heterocycles. The maximum absolute atomic E-state index is 13.8. The second-order valence-electron chi connectivity index (χ2n) is 9.92. The van der Waals surface area contributed by atoms with Crippen molar-refractivity contribution in [1.82, 2.24) is 14.8 Å². The number of rotatable bonds is 2. The van der Waals surface area contributed by atoms with Crippen molar-refractivity contribution in [3.63, 3.8) is 0 Å². The topological polar surface area (TPSA) is 65.6 Å². The summed E-state index contributed by atoms with van der Waals surface area (Å²) in [4.78, 5) is 34.9. The maximum Gasteiger partial charge on any atom is 0.259 e. The van der Waals surface area contributed by atoms with Crippen LogP contribution in [0.25, 0.3) is 10.9 Å². The number of H-pyrrole nitrogens is 1. The Balaban J connectivity index is 1.36. The maximum atomic E-state index is 13.8. The minimum Gasteiger partial charge on any atom is -0.495 e. The number of ether oxygens (including phenoxy) is 1. The lowest BCUT2D eigenvalue weighted by molar-refractivity contribution is 0.00143. The van der Waals surface area contributed by atoms with Crippen LogP contribution in [0.1, 0.15) is 48.9 Å². The zero-order chi connectivity index (χ0) is 21.8. The molecule has 3 aliphatic heterocycles. The molecule has 1 N–H and O–H groups in total. The largest absolute Gasteiger partial charge is 0.495 e. The van der Waals surface area contributed by atoms with Gasteiger partial charge in [0.25, 0.3) is 5.91 Å². The Morgan fingerprint density at radius 3 is 2.97 bits per heavy atom. The second-order valence-corrected chi connectivity index (χ2v) is 9.92. The van der Waals surface area contributed by atoms with E-state index in [4.69, 9.17) is 4.74 Å². The van der Waals surface area contributed by atoms with E-state index in [2.05, 4.69) is 16.0 Å². The van der Waals surface area contributed by atoms with Gasteiger partial charge in [0.05, 0.1) is 24.1 Å². The van der Waals surface area contributed by atoms with Gasteiger partial charge >= 0.3 is 0 Å². The van der Waals surface area contributed by atoms with Crippen molar-refractivity contribution < 1.29 is 9.53 Å². The van der Waals surface area contributed by atoms with Gasteiger partial charge in [0.2, 0.25) is 5.43 Å². The van der Waals surface area contributed by atoms with Crippen LogP contribution in [0.3, 0.4) is 0 Å². The third kappa shape index (κ3) is 3.03. The summed E-state index contributed by atoms with van der Waals surface area (Å²) >= 11 is 0. The smallest absolute Gasteiger partial charge is 0.259 e. The molecular weight excluding hydrogens is 402 g/mol. The van der Waals surface area contributed by atoms with E-state index in [1.54, 1.807) is 25.4 Å². The number of para-hydroxylation sites is 1. The highest BCUT2D eigenvalue weighted by atomic mass is 16.5. The third-order valence-corrected chi connectivity index (χ3v) is 8.24. The average molecular weight is 434 g/mol. The lowest BCUT2D eigenvalue weighted by Crippen LogP contribution is -2.60. The van der Waals surface area contributed by atoms with Crippen molar-refractivity contribution in [3.05, 3.63) is 51.8 Å². The van der Waals surface area contributed by atoms with Crippen LogP contribution in [0.4, 0.5) is 0 Å². The molecule has 1 aliphatic carbocycles. The quantitative estimate of drug-likeness (QED) is 0.736. The van der Waals surface area contributed by atoms with Crippen LogP contribution in [0, 0.1) is 11.8 Å². The summed E-state index contributed by atoms with van der Waals surface area (Å²) in [7, 11) is 1.58. The first-order chi connectivity index (χ1) is 15.7. The van der Waals surface area contributed by atoms with Crippen molar-refractivity contribution in [3.8, 4) is 5.75 Å². The SMILES string of the molecule is COc1cccc2c(=O)c(C(=O)N3CCCC4=C[C@H]5C[C@@H](CN6CCCC[C@H]56)[C@@H]43)c[nH]c12. The van der Waals surface area contributed by atoms with E-state index in [1.807, 2.05) is 11.0 Å². The highest BCUT2D eigenvalue weighted by Gasteiger charge is 2.47. The molecule has 3 fully saturated rings. The van der Waals surface area contributed by atoms with E-state index in [-0.39, 0.29) is 22.9 Å². The number of amides is 1. The Morgan fingerprint density at radius 2 is 2.09 bits per heavy atom. The van der Waals surface area contributed by atoms with Crippen molar-refractivity contribution in [1.29, 1.82) is 0 Å². The lowest BCUT2D eigenvalue weighted by Gasteiger charge is -2.54. The van der Waals surface area contributed by atoms with Gasteiger partial charge in [-0.1, -0.05) is 24.1 Å². The molecule has 6 nitrogen and oxygen atoms in total. The molecule has 168 valence electrons. The minimum absolute atomic E-state index is 0.134. The van der Waals surface area contributed by atoms with E-state index < -0.39 is 0 Å². The second kappa shape index (κ2) is 7.77. The molecule has 0 saturated carbocycles. The average Bonchev–Trinajstić information content (AvgIpc) is 2.83. The monoisotopic (exact) mass is 433 g/mol. The van der Waals surface area contributed by atoms with Gasteiger partial charge in [-0.2, -0.15) is 0 Å². The highest BCUT2D eigenvalue weighted by Crippen LogP contribution is 2.45. The fourth-order valence-electron chi connectivity index (χ4n) is 6.91. The van der Waals surface area contributed by atoms with Gasteiger partial charge in [0.1, 0.15) is 11.3 Å². The predicted molar refractivity (Wildman–Crippen MR) is 124 cm³/mol. The van der Waals surface area contributed by atoms with Crippen LogP contribution >= 0.6 is 0 Å². The molecular formula is C26H31N3O3. The molecule has 2 bridgehead atoms.